The van der Waals surface area contributed by atoms with Gasteiger partial charge in [0.15, 0.2) is 5.76 Å². The molecule has 1 amide bonds. The standard InChI is InChI=1S/C23H22FNO5S/c24-20-11-5-4-7-17(20)15-25(16-18-8-6-14-29-18)23(26)21-12-13-22(30-21)31(27,28)19-9-2-1-3-10-19/h1-5,7,9-13,18H,6,8,14-16H2. The van der Waals surface area contributed by atoms with Crippen LogP contribution in [0, 0.1) is 5.82 Å². The molecule has 1 atom stereocenters. The summed E-state index contributed by atoms with van der Waals surface area (Å²) in [5.74, 6) is -1.06. The molecular weight excluding hydrogens is 421 g/mol. The highest BCUT2D eigenvalue weighted by Crippen LogP contribution is 2.25. The zero-order chi connectivity index (χ0) is 21.8. The summed E-state index contributed by atoms with van der Waals surface area (Å²) in [6, 6.07) is 16.7. The second-order valence-electron chi connectivity index (χ2n) is 7.35. The van der Waals surface area contributed by atoms with E-state index in [-0.39, 0.29) is 34.9 Å². The molecule has 1 aromatic heterocycles. The number of rotatable bonds is 7. The van der Waals surface area contributed by atoms with Crippen molar-refractivity contribution in [3.8, 4) is 0 Å². The number of hydrogen-bond donors (Lipinski definition) is 0. The number of sulfone groups is 1. The maximum Gasteiger partial charge on any atom is 0.290 e. The summed E-state index contributed by atoms with van der Waals surface area (Å²) < 4.78 is 50.8. The molecule has 6 nitrogen and oxygen atoms in total. The molecule has 31 heavy (non-hydrogen) atoms. The molecule has 162 valence electrons. The number of carbonyl (C=O) groups is 1. The lowest BCUT2D eigenvalue weighted by Gasteiger charge is -2.25. The van der Waals surface area contributed by atoms with E-state index in [2.05, 4.69) is 0 Å². The second-order valence-corrected chi connectivity index (χ2v) is 9.23. The van der Waals surface area contributed by atoms with Gasteiger partial charge in [-0.3, -0.25) is 4.79 Å². The van der Waals surface area contributed by atoms with Crippen LogP contribution in [0.4, 0.5) is 4.39 Å². The molecule has 1 fully saturated rings. The average molecular weight is 443 g/mol. The van der Waals surface area contributed by atoms with Crippen molar-refractivity contribution in [1.29, 1.82) is 0 Å². The van der Waals surface area contributed by atoms with Crippen molar-refractivity contribution in [2.45, 2.75) is 35.5 Å². The summed E-state index contributed by atoms with van der Waals surface area (Å²) in [4.78, 5) is 14.7. The molecule has 4 rings (SSSR count). The Morgan fingerprint density at radius 3 is 2.48 bits per heavy atom. The van der Waals surface area contributed by atoms with Crippen LogP contribution in [0.5, 0.6) is 0 Å². The van der Waals surface area contributed by atoms with Crippen LogP contribution in [0.1, 0.15) is 29.0 Å². The van der Waals surface area contributed by atoms with Crippen molar-refractivity contribution in [2.75, 3.05) is 13.2 Å². The number of hydrogen-bond acceptors (Lipinski definition) is 5. The van der Waals surface area contributed by atoms with Crippen molar-refractivity contribution in [2.24, 2.45) is 0 Å². The topological polar surface area (TPSA) is 76.8 Å². The maximum absolute atomic E-state index is 14.2. The van der Waals surface area contributed by atoms with Crippen molar-refractivity contribution in [3.05, 3.63) is 83.9 Å². The van der Waals surface area contributed by atoms with Crippen molar-refractivity contribution < 1.29 is 26.8 Å². The molecule has 0 radical (unpaired) electrons. The van der Waals surface area contributed by atoms with E-state index in [1.165, 1.54) is 35.2 Å². The molecule has 0 aliphatic carbocycles. The molecule has 1 aliphatic heterocycles. The average Bonchev–Trinajstić information content (AvgIpc) is 3.47. The molecule has 0 N–H and O–H groups in total. The molecule has 1 aliphatic rings. The molecule has 0 spiro atoms. The Labute approximate surface area is 180 Å². The Morgan fingerprint density at radius 2 is 1.77 bits per heavy atom. The number of furan rings is 1. The number of carbonyl (C=O) groups excluding carboxylic acids is 1. The van der Waals surface area contributed by atoms with Gasteiger partial charge in [0.25, 0.3) is 5.91 Å². The van der Waals surface area contributed by atoms with Crippen LogP contribution < -0.4 is 0 Å². The molecule has 2 aromatic carbocycles. The Balaban J connectivity index is 1.60. The van der Waals surface area contributed by atoms with E-state index in [1.807, 2.05) is 0 Å². The molecule has 1 unspecified atom stereocenters. The summed E-state index contributed by atoms with van der Waals surface area (Å²) in [7, 11) is -3.89. The minimum Gasteiger partial charge on any atom is -0.439 e. The molecule has 8 heteroatoms. The van der Waals surface area contributed by atoms with Crippen molar-refractivity contribution in [1.82, 2.24) is 4.90 Å². The van der Waals surface area contributed by atoms with E-state index in [4.69, 9.17) is 9.15 Å². The number of benzene rings is 2. The first kappa shape index (κ1) is 21.3. The summed E-state index contributed by atoms with van der Waals surface area (Å²) in [5.41, 5.74) is 0.359. The van der Waals surface area contributed by atoms with Crippen LogP contribution in [-0.2, 0) is 21.1 Å². The molecular formula is C23H22FNO5S. The predicted molar refractivity (Wildman–Crippen MR) is 111 cm³/mol. The van der Waals surface area contributed by atoms with Gasteiger partial charge < -0.3 is 14.1 Å². The fraction of sp³-hybridized carbons (Fsp3) is 0.261. The van der Waals surface area contributed by atoms with Crippen LogP contribution in [0.25, 0.3) is 0 Å². The fourth-order valence-corrected chi connectivity index (χ4v) is 4.73. The summed E-state index contributed by atoms with van der Waals surface area (Å²) in [6.45, 7) is 0.897. The van der Waals surface area contributed by atoms with Gasteiger partial charge in [0.1, 0.15) is 5.82 Å². The quantitative estimate of drug-likeness (QED) is 0.550. The molecule has 0 bridgehead atoms. The Morgan fingerprint density at radius 1 is 1.03 bits per heavy atom. The van der Waals surface area contributed by atoms with Crippen molar-refractivity contribution in [3.63, 3.8) is 0 Å². The second kappa shape index (κ2) is 9.03. The minimum atomic E-state index is -3.89. The fourth-order valence-electron chi connectivity index (χ4n) is 3.54. The molecule has 2 heterocycles. The lowest BCUT2D eigenvalue weighted by molar-refractivity contribution is 0.0477. The van der Waals surface area contributed by atoms with Gasteiger partial charge in [-0.05, 0) is 43.2 Å². The smallest absolute Gasteiger partial charge is 0.290 e. The van der Waals surface area contributed by atoms with Gasteiger partial charge in [0.05, 0.1) is 11.0 Å². The maximum atomic E-state index is 14.2. The van der Waals surface area contributed by atoms with Gasteiger partial charge >= 0.3 is 0 Å². The highest BCUT2D eigenvalue weighted by molar-refractivity contribution is 7.91. The van der Waals surface area contributed by atoms with Crippen LogP contribution in [0.3, 0.4) is 0 Å². The van der Waals surface area contributed by atoms with Crippen LogP contribution in [0.15, 0.2) is 81.1 Å². The number of ether oxygens (including phenoxy) is 1. The SMILES string of the molecule is O=C(c1ccc(S(=O)(=O)c2ccccc2)o1)N(Cc1ccccc1F)CC1CCCO1. The van der Waals surface area contributed by atoms with Gasteiger partial charge in [-0.15, -0.1) is 0 Å². The van der Waals surface area contributed by atoms with E-state index < -0.39 is 21.6 Å². The number of halogens is 1. The highest BCUT2D eigenvalue weighted by Gasteiger charge is 2.28. The van der Waals surface area contributed by atoms with Crippen LogP contribution >= 0.6 is 0 Å². The van der Waals surface area contributed by atoms with E-state index in [1.54, 1.807) is 36.4 Å². The first-order chi connectivity index (χ1) is 14.9. The van der Waals surface area contributed by atoms with Gasteiger partial charge in [-0.2, -0.15) is 0 Å². The first-order valence-corrected chi connectivity index (χ1v) is 11.5. The third-order valence-electron chi connectivity index (χ3n) is 5.16. The van der Waals surface area contributed by atoms with Gasteiger partial charge in [0.2, 0.25) is 14.9 Å². The summed E-state index contributed by atoms with van der Waals surface area (Å²) >= 11 is 0. The van der Waals surface area contributed by atoms with E-state index in [9.17, 15) is 17.6 Å². The lowest BCUT2D eigenvalue weighted by Crippen LogP contribution is -2.37. The van der Waals surface area contributed by atoms with Crippen molar-refractivity contribution >= 4 is 15.7 Å². The first-order valence-electron chi connectivity index (χ1n) is 9.99. The Bertz CT molecular complexity index is 1150. The lowest BCUT2D eigenvalue weighted by atomic mass is 10.1. The normalized spacial score (nSPS) is 16.4. The van der Waals surface area contributed by atoms with E-state index in [0.717, 1.165) is 12.8 Å². The van der Waals surface area contributed by atoms with Gasteiger partial charge in [-0.25, -0.2) is 12.8 Å². The monoisotopic (exact) mass is 443 g/mol. The zero-order valence-corrected chi connectivity index (χ0v) is 17.6. The summed E-state index contributed by atoms with van der Waals surface area (Å²) in [6.07, 6.45) is 1.54. The van der Waals surface area contributed by atoms with Crippen LogP contribution in [0.2, 0.25) is 0 Å². The number of amides is 1. The van der Waals surface area contributed by atoms with E-state index >= 15 is 0 Å². The largest absolute Gasteiger partial charge is 0.439 e. The Kier molecular flexibility index (Phi) is 6.20. The van der Waals surface area contributed by atoms with Crippen LogP contribution in [-0.4, -0.2) is 38.5 Å². The van der Waals surface area contributed by atoms with Gasteiger partial charge in [0, 0.05) is 25.3 Å². The summed E-state index contributed by atoms with van der Waals surface area (Å²) in [5, 5.41) is -0.315. The van der Waals surface area contributed by atoms with Gasteiger partial charge in [-0.1, -0.05) is 36.4 Å². The third kappa shape index (κ3) is 4.70. The highest BCUT2D eigenvalue weighted by atomic mass is 32.2. The predicted octanol–water partition coefficient (Wildman–Crippen LogP) is 4.07. The zero-order valence-electron chi connectivity index (χ0n) is 16.7. The molecule has 1 saturated heterocycles. The van der Waals surface area contributed by atoms with E-state index in [0.29, 0.717) is 12.2 Å². The Hall–Kier alpha value is -2.97. The number of nitrogens with zero attached hydrogens (tertiary/aromatic N) is 1. The minimum absolute atomic E-state index is 0.0207. The molecule has 0 saturated carbocycles. The third-order valence-corrected chi connectivity index (χ3v) is 6.81. The molecule has 3 aromatic rings.